The molecule has 1 unspecified atom stereocenters. The molecule has 0 aliphatic rings. The van der Waals surface area contributed by atoms with Crippen LogP contribution in [-0.2, 0) is 0 Å². The minimum atomic E-state index is 0.0570. The van der Waals surface area contributed by atoms with Crippen molar-refractivity contribution in [3.8, 4) is 17.2 Å². The topological polar surface area (TPSA) is 39.7 Å². The van der Waals surface area contributed by atoms with Gasteiger partial charge in [-0.1, -0.05) is 30.3 Å². The minimum Gasteiger partial charge on any atom is -0.490 e. The SMILES string of the molecule is Cc1ccc(C)c(OC(C)CNc2ccc(OCCOc3ccccc3)cc2)c1. The molecule has 1 N–H and O–H groups in total. The summed E-state index contributed by atoms with van der Waals surface area (Å²) in [5.74, 6) is 2.63. The Hall–Kier alpha value is -3.14. The van der Waals surface area contributed by atoms with E-state index in [1.54, 1.807) is 0 Å². The molecule has 0 spiro atoms. The number of hydrogen-bond donors (Lipinski definition) is 1. The van der Waals surface area contributed by atoms with E-state index in [-0.39, 0.29) is 6.10 Å². The Kier molecular flexibility index (Phi) is 7.40. The highest BCUT2D eigenvalue weighted by Gasteiger charge is 2.07. The normalized spacial score (nSPS) is 11.6. The van der Waals surface area contributed by atoms with E-state index in [0.717, 1.165) is 35.0 Å². The van der Waals surface area contributed by atoms with Gasteiger partial charge in [0, 0.05) is 5.69 Å². The van der Waals surface area contributed by atoms with Crippen molar-refractivity contribution >= 4 is 5.69 Å². The zero-order valence-corrected chi connectivity index (χ0v) is 17.4. The van der Waals surface area contributed by atoms with Gasteiger partial charge < -0.3 is 19.5 Å². The molecule has 3 aromatic rings. The Bertz CT molecular complexity index is 878. The summed E-state index contributed by atoms with van der Waals surface area (Å²) >= 11 is 0. The van der Waals surface area contributed by atoms with Gasteiger partial charge in [-0.05, 0) is 74.4 Å². The van der Waals surface area contributed by atoms with Crippen LogP contribution >= 0.6 is 0 Å². The molecule has 0 aromatic heterocycles. The molecule has 0 aliphatic heterocycles. The molecule has 0 bridgehead atoms. The van der Waals surface area contributed by atoms with Gasteiger partial charge >= 0.3 is 0 Å². The number of para-hydroxylation sites is 1. The van der Waals surface area contributed by atoms with Crippen molar-refractivity contribution in [1.29, 1.82) is 0 Å². The molecule has 0 saturated heterocycles. The lowest BCUT2D eigenvalue weighted by atomic mass is 10.1. The average Bonchev–Trinajstić information content (AvgIpc) is 2.74. The fourth-order valence-electron chi connectivity index (χ4n) is 2.86. The Morgan fingerprint density at radius 3 is 2.14 bits per heavy atom. The van der Waals surface area contributed by atoms with Crippen molar-refractivity contribution < 1.29 is 14.2 Å². The maximum absolute atomic E-state index is 6.07. The van der Waals surface area contributed by atoms with Crippen LogP contribution in [0, 0.1) is 13.8 Å². The van der Waals surface area contributed by atoms with E-state index in [1.807, 2.05) is 54.6 Å². The lowest BCUT2D eigenvalue weighted by molar-refractivity contribution is 0.217. The number of ether oxygens (including phenoxy) is 3. The first kappa shape index (κ1) is 20.6. The monoisotopic (exact) mass is 391 g/mol. The van der Waals surface area contributed by atoms with Crippen molar-refractivity contribution in [3.63, 3.8) is 0 Å². The van der Waals surface area contributed by atoms with Gasteiger partial charge in [-0.3, -0.25) is 0 Å². The highest BCUT2D eigenvalue weighted by molar-refractivity contribution is 5.46. The fraction of sp³-hybridized carbons (Fsp3) is 0.280. The van der Waals surface area contributed by atoms with E-state index in [4.69, 9.17) is 14.2 Å². The zero-order chi connectivity index (χ0) is 20.5. The smallest absolute Gasteiger partial charge is 0.122 e. The first-order chi connectivity index (χ1) is 14.1. The average molecular weight is 392 g/mol. The summed E-state index contributed by atoms with van der Waals surface area (Å²) in [4.78, 5) is 0. The van der Waals surface area contributed by atoms with E-state index in [0.29, 0.717) is 13.2 Å². The summed E-state index contributed by atoms with van der Waals surface area (Å²) in [6.45, 7) is 7.95. The Morgan fingerprint density at radius 2 is 1.45 bits per heavy atom. The molecule has 4 heteroatoms. The zero-order valence-electron chi connectivity index (χ0n) is 17.4. The predicted octanol–water partition coefficient (Wildman–Crippen LogP) is 5.64. The van der Waals surface area contributed by atoms with Crippen LogP contribution in [-0.4, -0.2) is 25.9 Å². The summed E-state index contributed by atoms with van der Waals surface area (Å²) in [6, 6.07) is 24.0. The van der Waals surface area contributed by atoms with E-state index in [1.165, 1.54) is 5.56 Å². The molecule has 4 nitrogen and oxygen atoms in total. The van der Waals surface area contributed by atoms with Crippen molar-refractivity contribution in [2.24, 2.45) is 0 Å². The van der Waals surface area contributed by atoms with Crippen LogP contribution in [0.15, 0.2) is 72.8 Å². The largest absolute Gasteiger partial charge is 0.490 e. The molecule has 0 aliphatic carbocycles. The number of rotatable bonds is 10. The second-order valence-corrected chi connectivity index (χ2v) is 7.11. The quantitative estimate of drug-likeness (QED) is 0.454. The maximum atomic E-state index is 6.07. The number of aryl methyl sites for hydroxylation is 2. The molecule has 3 aromatic carbocycles. The molecular formula is C25H29NO3. The van der Waals surface area contributed by atoms with Crippen LogP contribution in [0.2, 0.25) is 0 Å². The Balaban J connectivity index is 1.39. The molecule has 0 amide bonds. The highest BCUT2D eigenvalue weighted by Crippen LogP contribution is 2.21. The molecular weight excluding hydrogens is 362 g/mol. The third kappa shape index (κ3) is 6.75. The van der Waals surface area contributed by atoms with Crippen molar-refractivity contribution in [2.75, 3.05) is 25.1 Å². The molecule has 0 heterocycles. The van der Waals surface area contributed by atoms with E-state index in [2.05, 4.69) is 44.3 Å². The van der Waals surface area contributed by atoms with Gasteiger partial charge in [0.25, 0.3) is 0 Å². The highest BCUT2D eigenvalue weighted by atomic mass is 16.5. The van der Waals surface area contributed by atoms with Crippen LogP contribution in [0.3, 0.4) is 0 Å². The van der Waals surface area contributed by atoms with Crippen molar-refractivity contribution in [2.45, 2.75) is 26.9 Å². The van der Waals surface area contributed by atoms with Gasteiger partial charge in [0.2, 0.25) is 0 Å². The standard InChI is InChI=1S/C25H29NO3/c1-19-9-10-20(2)25(17-19)29-21(3)18-26-22-11-13-24(14-12-22)28-16-15-27-23-7-5-4-6-8-23/h4-14,17,21,26H,15-16,18H2,1-3H3. The van der Waals surface area contributed by atoms with E-state index < -0.39 is 0 Å². The second-order valence-electron chi connectivity index (χ2n) is 7.11. The predicted molar refractivity (Wildman–Crippen MR) is 118 cm³/mol. The van der Waals surface area contributed by atoms with Gasteiger partial charge in [-0.2, -0.15) is 0 Å². The summed E-state index contributed by atoms with van der Waals surface area (Å²) < 4.78 is 17.4. The second kappa shape index (κ2) is 10.4. The van der Waals surface area contributed by atoms with Gasteiger partial charge in [-0.25, -0.2) is 0 Å². The summed E-state index contributed by atoms with van der Waals surface area (Å²) in [5.41, 5.74) is 3.39. The van der Waals surface area contributed by atoms with Crippen LogP contribution in [0.1, 0.15) is 18.1 Å². The third-order valence-electron chi connectivity index (χ3n) is 4.48. The van der Waals surface area contributed by atoms with Gasteiger partial charge in [0.1, 0.15) is 36.6 Å². The lowest BCUT2D eigenvalue weighted by Gasteiger charge is -2.18. The molecule has 0 fully saturated rings. The molecule has 0 saturated carbocycles. The fourth-order valence-corrected chi connectivity index (χ4v) is 2.86. The van der Waals surface area contributed by atoms with Crippen LogP contribution in [0.5, 0.6) is 17.2 Å². The van der Waals surface area contributed by atoms with Gasteiger partial charge in [0.05, 0.1) is 6.54 Å². The van der Waals surface area contributed by atoms with E-state index >= 15 is 0 Å². The van der Waals surface area contributed by atoms with Crippen molar-refractivity contribution in [3.05, 3.63) is 83.9 Å². The maximum Gasteiger partial charge on any atom is 0.122 e. The number of benzene rings is 3. The summed E-state index contributed by atoms with van der Waals surface area (Å²) in [7, 11) is 0. The third-order valence-corrected chi connectivity index (χ3v) is 4.48. The molecule has 29 heavy (non-hydrogen) atoms. The summed E-state index contributed by atoms with van der Waals surface area (Å²) in [6.07, 6.45) is 0.0570. The molecule has 0 radical (unpaired) electrons. The first-order valence-electron chi connectivity index (χ1n) is 9.98. The number of hydrogen-bond acceptors (Lipinski definition) is 4. The van der Waals surface area contributed by atoms with Crippen LogP contribution in [0.25, 0.3) is 0 Å². The van der Waals surface area contributed by atoms with Gasteiger partial charge in [-0.15, -0.1) is 0 Å². The van der Waals surface area contributed by atoms with E-state index in [9.17, 15) is 0 Å². The minimum absolute atomic E-state index is 0.0570. The summed E-state index contributed by atoms with van der Waals surface area (Å²) in [5, 5.41) is 3.41. The lowest BCUT2D eigenvalue weighted by Crippen LogP contribution is -2.23. The number of anilines is 1. The Labute approximate surface area is 173 Å². The van der Waals surface area contributed by atoms with Crippen LogP contribution in [0.4, 0.5) is 5.69 Å². The number of nitrogens with one attached hydrogen (secondary N) is 1. The molecule has 1 atom stereocenters. The van der Waals surface area contributed by atoms with Crippen LogP contribution < -0.4 is 19.5 Å². The van der Waals surface area contributed by atoms with Gasteiger partial charge in [0.15, 0.2) is 0 Å². The first-order valence-corrected chi connectivity index (χ1v) is 9.98. The Morgan fingerprint density at radius 1 is 0.793 bits per heavy atom. The molecule has 3 rings (SSSR count). The van der Waals surface area contributed by atoms with Crippen molar-refractivity contribution in [1.82, 2.24) is 0 Å². The molecule has 152 valence electrons.